The molecule has 0 aliphatic heterocycles. The number of rotatable bonds is 5. The van der Waals surface area contributed by atoms with Gasteiger partial charge in [0.1, 0.15) is 0 Å². The van der Waals surface area contributed by atoms with Gasteiger partial charge in [0.25, 0.3) is 0 Å². The van der Waals surface area contributed by atoms with E-state index in [9.17, 15) is 9.59 Å². The Labute approximate surface area is 126 Å². The second kappa shape index (κ2) is 4.72. The van der Waals surface area contributed by atoms with Crippen molar-refractivity contribution in [1.29, 1.82) is 0 Å². The van der Waals surface area contributed by atoms with Gasteiger partial charge in [-0.3, -0.25) is 9.59 Å². The normalized spacial score (nSPS) is 43.8. The summed E-state index contributed by atoms with van der Waals surface area (Å²) in [5.41, 5.74) is 0.772. The molecule has 2 unspecified atom stereocenters. The van der Waals surface area contributed by atoms with E-state index >= 15 is 0 Å². The van der Waals surface area contributed by atoms with Crippen molar-refractivity contribution in [1.82, 2.24) is 5.32 Å². The van der Waals surface area contributed by atoms with Crippen molar-refractivity contribution in [2.75, 3.05) is 0 Å². The Morgan fingerprint density at radius 2 is 1.67 bits per heavy atom. The highest BCUT2D eigenvalue weighted by atomic mass is 16.4. The van der Waals surface area contributed by atoms with Gasteiger partial charge in [-0.2, -0.15) is 0 Å². The van der Waals surface area contributed by atoms with Crippen molar-refractivity contribution in [2.24, 2.45) is 16.7 Å². The van der Waals surface area contributed by atoms with Crippen molar-refractivity contribution in [3.63, 3.8) is 0 Å². The van der Waals surface area contributed by atoms with Crippen LogP contribution >= 0.6 is 0 Å². The smallest absolute Gasteiger partial charge is 0.303 e. The average Bonchev–Trinajstić information content (AvgIpc) is 2.21. The lowest BCUT2D eigenvalue weighted by Gasteiger charge is -2.65. The summed E-state index contributed by atoms with van der Waals surface area (Å²) < 4.78 is 0. The summed E-state index contributed by atoms with van der Waals surface area (Å²) in [6.45, 7) is 4.78. The Balaban J connectivity index is 1.65. The summed E-state index contributed by atoms with van der Waals surface area (Å²) in [4.78, 5) is 22.8. The third kappa shape index (κ3) is 2.95. The van der Waals surface area contributed by atoms with Gasteiger partial charge < -0.3 is 10.4 Å². The molecule has 0 radical (unpaired) electrons. The zero-order valence-corrected chi connectivity index (χ0v) is 13.2. The number of hydrogen-bond donors (Lipinski definition) is 2. The van der Waals surface area contributed by atoms with Crippen molar-refractivity contribution in [3.05, 3.63) is 0 Å². The first kappa shape index (κ1) is 14.9. The van der Waals surface area contributed by atoms with Crippen LogP contribution in [0.15, 0.2) is 0 Å². The van der Waals surface area contributed by atoms with E-state index in [4.69, 9.17) is 5.11 Å². The molecule has 0 aromatic heterocycles. The number of amides is 1. The molecule has 0 spiro atoms. The Morgan fingerprint density at radius 1 is 1.05 bits per heavy atom. The SMILES string of the molecule is CC12CC3CC(C)(C1)CC(NC(=O)CCCC(=O)O)(C3)C2. The third-order valence-corrected chi connectivity index (χ3v) is 5.83. The standard InChI is InChI=1S/C17H27NO3/c1-15-6-12-7-16(2,9-15)11-17(8-12,10-15)18-13(19)4-3-5-14(20)21/h12H,3-11H2,1-2H3,(H,18,19)(H,20,21). The number of carbonyl (C=O) groups excluding carboxylic acids is 1. The maximum Gasteiger partial charge on any atom is 0.303 e. The highest BCUT2D eigenvalue weighted by Crippen LogP contribution is 2.66. The highest BCUT2D eigenvalue weighted by molar-refractivity contribution is 5.77. The molecular formula is C17H27NO3. The van der Waals surface area contributed by atoms with E-state index in [0.29, 0.717) is 23.7 Å². The molecule has 2 atom stereocenters. The summed E-state index contributed by atoms with van der Waals surface area (Å²) in [6.07, 6.45) is 8.14. The quantitative estimate of drug-likeness (QED) is 0.818. The van der Waals surface area contributed by atoms with Crippen molar-refractivity contribution in [3.8, 4) is 0 Å². The van der Waals surface area contributed by atoms with Gasteiger partial charge in [0.2, 0.25) is 5.91 Å². The van der Waals surface area contributed by atoms with Gasteiger partial charge in [-0.25, -0.2) is 0 Å². The van der Waals surface area contributed by atoms with Crippen molar-refractivity contribution < 1.29 is 14.7 Å². The van der Waals surface area contributed by atoms with E-state index in [1.54, 1.807) is 0 Å². The van der Waals surface area contributed by atoms with Gasteiger partial charge in [0, 0.05) is 18.4 Å². The van der Waals surface area contributed by atoms with Crippen LogP contribution in [-0.2, 0) is 9.59 Å². The first-order valence-corrected chi connectivity index (χ1v) is 8.25. The van der Waals surface area contributed by atoms with E-state index in [1.807, 2.05) is 0 Å². The molecule has 4 saturated carbocycles. The van der Waals surface area contributed by atoms with E-state index in [2.05, 4.69) is 19.2 Å². The molecule has 4 rings (SSSR count). The molecule has 1 amide bonds. The van der Waals surface area contributed by atoms with Gasteiger partial charge in [0.15, 0.2) is 0 Å². The third-order valence-electron chi connectivity index (χ3n) is 5.83. The zero-order valence-electron chi connectivity index (χ0n) is 13.2. The molecule has 4 nitrogen and oxygen atoms in total. The Bertz CT molecular complexity index is 455. The van der Waals surface area contributed by atoms with Crippen LogP contribution in [0, 0.1) is 16.7 Å². The van der Waals surface area contributed by atoms with Crippen LogP contribution in [0.1, 0.15) is 71.6 Å². The lowest BCUT2D eigenvalue weighted by molar-refractivity contribution is -0.140. The van der Waals surface area contributed by atoms with Gasteiger partial charge >= 0.3 is 5.97 Å². The average molecular weight is 293 g/mol. The number of nitrogens with one attached hydrogen (secondary N) is 1. The fourth-order valence-corrected chi connectivity index (χ4v) is 6.35. The van der Waals surface area contributed by atoms with Gasteiger partial charge in [-0.1, -0.05) is 13.8 Å². The lowest BCUT2D eigenvalue weighted by Crippen LogP contribution is -2.65. The largest absolute Gasteiger partial charge is 0.481 e. The number of carboxylic acids is 1. The van der Waals surface area contributed by atoms with Crippen LogP contribution < -0.4 is 5.32 Å². The first-order chi connectivity index (χ1) is 9.72. The lowest BCUT2D eigenvalue weighted by atomic mass is 9.43. The molecule has 0 aromatic rings. The molecule has 118 valence electrons. The van der Waals surface area contributed by atoms with Crippen molar-refractivity contribution >= 4 is 11.9 Å². The molecule has 21 heavy (non-hydrogen) atoms. The zero-order chi connectivity index (χ0) is 15.3. The minimum Gasteiger partial charge on any atom is -0.481 e. The second-order valence-electron chi connectivity index (χ2n) is 8.71. The van der Waals surface area contributed by atoms with Crippen molar-refractivity contribution in [2.45, 2.75) is 77.2 Å². The van der Waals surface area contributed by atoms with E-state index in [0.717, 1.165) is 25.2 Å². The van der Waals surface area contributed by atoms with Gasteiger partial charge in [-0.15, -0.1) is 0 Å². The van der Waals surface area contributed by atoms with E-state index < -0.39 is 5.97 Å². The van der Waals surface area contributed by atoms with Crippen LogP contribution in [0.25, 0.3) is 0 Å². The summed E-state index contributed by atoms with van der Waals surface area (Å²) in [7, 11) is 0. The minimum atomic E-state index is -0.822. The molecule has 0 aromatic carbocycles. The maximum atomic E-state index is 12.2. The molecular weight excluding hydrogens is 266 g/mol. The minimum absolute atomic E-state index is 0.0107. The number of carbonyl (C=O) groups is 2. The van der Waals surface area contributed by atoms with Crippen LogP contribution in [0.5, 0.6) is 0 Å². The molecule has 2 N–H and O–H groups in total. The molecule has 0 saturated heterocycles. The summed E-state index contributed by atoms with van der Waals surface area (Å²) in [6, 6.07) is 0. The predicted molar refractivity (Wildman–Crippen MR) is 79.8 cm³/mol. The van der Waals surface area contributed by atoms with Crippen LogP contribution in [0.2, 0.25) is 0 Å². The molecule has 4 bridgehead atoms. The summed E-state index contributed by atoms with van der Waals surface area (Å²) >= 11 is 0. The molecule has 4 aliphatic carbocycles. The second-order valence-corrected chi connectivity index (χ2v) is 8.71. The number of carboxylic acid groups (broad SMARTS) is 1. The number of hydrogen-bond acceptors (Lipinski definition) is 2. The highest BCUT2D eigenvalue weighted by Gasteiger charge is 2.60. The molecule has 4 heteroatoms. The predicted octanol–water partition coefficient (Wildman–Crippen LogP) is 3.11. The van der Waals surface area contributed by atoms with E-state index in [1.165, 1.54) is 19.3 Å². The first-order valence-electron chi connectivity index (χ1n) is 8.25. The maximum absolute atomic E-state index is 12.2. The fourth-order valence-electron chi connectivity index (χ4n) is 6.35. The Kier molecular flexibility index (Phi) is 3.34. The van der Waals surface area contributed by atoms with Crippen LogP contribution in [0.3, 0.4) is 0 Å². The van der Waals surface area contributed by atoms with E-state index in [-0.39, 0.29) is 17.9 Å². The molecule has 0 heterocycles. The number of aliphatic carboxylic acids is 1. The van der Waals surface area contributed by atoms with Gasteiger partial charge in [-0.05, 0) is 61.7 Å². The summed E-state index contributed by atoms with van der Waals surface area (Å²) in [5.74, 6) is -0.0152. The topological polar surface area (TPSA) is 66.4 Å². The molecule has 4 aliphatic rings. The Morgan fingerprint density at radius 3 is 2.19 bits per heavy atom. The molecule has 4 fully saturated rings. The monoisotopic (exact) mass is 293 g/mol. The fraction of sp³-hybridized carbons (Fsp3) is 0.882. The van der Waals surface area contributed by atoms with Crippen LogP contribution in [-0.4, -0.2) is 22.5 Å². The Hall–Kier alpha value is -1.06. The van der Waals surface area contributed by atoms with Gasteiger partial charge in [0.05, 0.1) is 0 Å². The van der Waals surface area contributed by atoms with Crippen LogP contribution in [0.4, 0.5) is 0 Å². The summed E-state index contributed by atoms with van der Waals surface area (Å²) in [5, 5.41) is 12.0.